The van der Waals surface area contributed by atoms with Crippen molar-refractivity contribution >= 4 is 11.6 Å². The number of halogens is 3. The molecule has 128 valence electrons. The summed E-state index contributed by atoms with van der Waals surface area (Å²) in [6, 6.07) is 5.37. The van der Waals surface area contributed by atoms with Crippen molar-refractivity contribution in [1.29, 1.82) is 0 Å². The molecule has 1 aromatic rings. The van der Waals surface area contributed by atoms with Gasteiger partial charge >= 0.3 is 6.18 Å². The molecule has 7 heteroatoms. The van der Waals surface area contributed by atoms with Crippen LogP contribution >= 0.6 is 0 Å². The molecule has 0 saturated carbocycles. The molecule has 1 heterocycles. The van der Waals surface area contributed by atoms with Gasteiger partial charge < -0.3 is 10.1 Å². The molecule has 1 aliphatic rings. The monoisotopic (exact) mass is 330 g/mol. The zero-order chi connectivity index (χ0) is 17.0. The van der Waals surface area contributed by atoms with Crippen LogP contribution in [0.4, 0.5) is 18.9 Å². The van der Waals surface area contributed by atoms with Crippen molar-refractivity contribution in [3.05, 3.63) is 23.8 Å². The first-order valence-corrected chi connectivity index (χ1v) is 7.53. The van der Waals surface area contributed by atoms with Crippen LogP contribution in [-0.2, 0) is 4.79 Å². The van der Waals surface area contributed by atoms with Gasteiger partial charge in [-0.3, -0.25) is 9.69 Å². The molecule has 0 aliphatic carbocycles. The Hall–Kier alpha value is -1.76. The van der Waals surface area contributed by atoms with Crippen molar-refractivity contribution in [3.63, 3.8) is 0 Å². The average Bonchev–Trinajstić information content (AvgIpc) is 2.46. The van der Waals surface area contributed by atoms with Crippen LogP contribution in [0.15, 0.2) is 18.2 Å². The van der Waals surface area contributed by atoms with Gasteiger partial charge in [-0.05, 0) is 44.0 Å². The summed E-state index contributed by atoms with van der Waals surface area (Å²) in [5.41, 5.74) is 1.48. The predicted octanol–water partition coefficient (Wildman–Crippen LogP) is 3.22. The zero-order valence-electron chi connectivity index (χ0n) is 13.2. The maximum absolute atomic E-state index is 12.8. The van der Waals surface area contributed by atoms with E-state index in [-0.39, 0.29) is 25.4 Å². The molecule has 0 aromatic heterocycles. The van der Waals surface area contributed by atoms with Crippen molar-refractivity contribution in [2.24, 2.45) is 5.92 Å². The fourth-order valence-electron chi connectivity index (χ4n) is 2.78. The van der Waals surface area contributed by atoms with E-state index in [4.69, 9.17) is 4.74 Å². The van der Waals surface area contributed by atoms with E-state index in [1.807, 2.05) is 13.0 Å². The van der Waals surface area contributed by atoms with Crippen LogP contribution in [0, 0.1) is 12.8 Å². The number of benzene rings is 1. The summed E-state index contributed by atoms with van der Waals surface area (Å²) < 4.78 is 43.6. The van der Waals surface area contributed by atoms with Crippen LogP contribution in [0.3, 0.4) is 0 Å². The van der Waals surface area contributed by atoms with E-state index in [0.717, 1.165) is 5.56 Å². The molecule has 1 atom stereocenters. The minimum atomic E-state index is -4.20. The molecule has 2 rings (SSSR count). The number of anilines is 1. The van der Waals surface area contributed by atoms with Crippen molar-refractivity contribution in [2.75, 3.05) is 32.1 Å². The maximum Gasteiger partial charge on any atom is 0.393 e. The van der Waals surface area contributed by atoms with E-state index in [0.29, 0.717) is 24.4 Å². The molecule has 0 spiro atoms. The van der Waals surface area contributed by atoms with Gasteiger partial charge in [-0.1, -0.05) is 6.07 Å². The molecule has 0 radical (unpaired) electrons. The van der Waals surface area contributed by atoms with Gasteiger partial charge in [-0.2, -0.15) is 13.2 Å². The highest BCUT2D eigenvalue weighted by molar-refractivity contribution is 5.93. The van der Waals surface area contributed by atoms with Gasteiger partial charge in [0.05, 0.1) is 25.3 Å². The SMILES string of the molecule is COc1ccc(C)cc1NC(=O)CN1CCC[C@H](C(F)(F)F)C1. The second-order valence-electron chi connectivity index (χ2n) is 5.87. The summed E-state index contributed by atoms with van der Waals surface area (Å²) in [6.07, 6.45) is -3.62. The fraction of sp³-hybridized carbons (Fsp3) is 0.562. The van der Waals surface area contributed by atoms with E-state index >= 15 is 0 Å². The van der Waals surface area contributed by atoms with E-state index in [9.17, 15) is 18.0 Å². The summed E-state index contributed by atoms with van der Waals surface area (Å²) in [7, 11) is 1.50. The number of likely N-dealkylation sites (tertiary alicyclic amines) is 1. The van der Waals surface area contributed by atoms with Crippen LogP contribution in [0.2, 0.25) is 0 Å². The zero-order valence-corrected chi connectivity index (χ0v) is 13.2. The third-order valence-corrected chi connectivity index (χ3v) is 3.96. The van der Waals surface area contributed by atoms with Crippen molar-refractivity contribution in [1.82, 2.24) is 4.90 Å². The number of ether oxygens (including phenoxy) is 1. The number of hydrogen-bond donors (Lipinski definition) is 1. The van der Waals surface area contributed by atoms with E-state index in [1.165, 1.54) is 7.11 Å². The molecular weight excluding hydrogens is 309 g/mol. The summed E-state index contributed by atoms with van der Waals surface area (Å²) in [5, 5.41) is 2.72. The first-order chi connectivity index (χ1) is 10.8. The van der Waals surface area contributed by atoms with Gasteiger partial charge in [-0.25, -0.2) is 0 Å². The summed E-state index contributed by atoms with van der Waals surface area (Å²) in [5.74, 6) is -1.16. The molecule has 1 aliphatic heterocycles. The number of rotatable bonds is 4. The molecule has 1 saturated heterocycles. The molecule has 0 bridgehead atoms. The van der Waals surface area contributed by atoms with Gasteiger partial charge in [0.15, 0.2) is 0 Å². The maximum atomic E-state index is 12.8. The number of carbonyl (C=O) groups excluding carboxylic acids is 1. The van der Waals surface area contributed by atoms with Crippen LogP contribution in [0.5, 0.6) is 5.75 Å². The van der Waals surface area contributed by atoms with Crippen molar-refractivity contribution in [3.8, 4) is 5.75 Å². The first-order valence-electron chi connectivity index (χ1n) is 7.53. The Morgan fingerprint density at radius 3 is 2.83 bits per heavy atom. The third-order valence-electron chi connectivity index (χ3n) is 3.96. The highest BCUT2D eigenvalue weighted by atomic mass is 19.4. The lowest BCUT2D eigenvalue weighted by atomic mass is 9.97. The highest BCUT2D eigenvalue weighted by Gasteiger charge is 2.41. The van der Waals surface area contributed by atoms with Gasteiger partial charge in [0.25, 0.3) is 0 Å². The van der Waals surface area contributed by atoms with Gasteiger partial charge in [-0.15, -0.1) is 0 Å². The molecule has 1 aromatic carbocycles. The average molecular weight is 330 g/mol. The number of piperidine rings is 1. The minimum Gasteiger partial charge on any atom is -0.495 e. The summed E-state index contributed by atoms with van der Waals surface area (Å²) in [6.45, 7) is 2.21. The molecule has 1 fully saturated rings. The lowest BCUT2D eigenvalue weighted by Crippen LogP contribution is -2.44. The lowest BCUT2D eigenvalue weighted by molar-refractivity contribution is -0.186. The molecule has 23 heavy (non-hydrogen) atoms. The normalized spacial score (nSPS) is 19.4. The molecule has 4 nitrogen and oxygen atoms in total. The van der Waals surface area contributed by atoms with Crippen LogP contribution in [0.1, 0.15) is 18.4 Å². The Morgan fingerprint density at radius 2 is 2.17 bits per heavy atom. The lowest BCUT2D eigenvalue weighted by Gasteiger charge is -2.33. The van der Waals surface area contributed by atoms with Crippen LogP contribution in [-0.4, -0.2) is 43.7 Å². The van der Waals surface area contributed by atoms with Gasteiger partial charge in [0.1, 0.15) is 5.75 Å². The van der Waals surface area contributed by atoms with E-state index in [2.05, 4.69) is 5.32 Å². The Balaban J connectivity index is 1.96. The third kappa shape index (κ3) is 4.86. The van der Waals surface area contributed by atoms with Gasteiger partial charge in [0, 0.05) is 6.54 Å². The predicted molar refractivity (Wildman–Crippen MR) is 81.6 cm³/mol. The van der Waals surface area contributed by atoms with E-state index in [1.54, 1.807) is 17.0 Å². The molecule has 1 N–H and O–H groups in total. The number of aryl methyl sites for hydroxylation is 1. The standard InChI is InChI=1S/C16H21F3N2O2/c1-11-5-6-14(23-2)13(8-11)20-15(22)10-21-7-3-4-12(9-21)16(17,18)19/h5-6,8,12H,3-4,7,9-10H2,1-2H3,(H,20,22)/t12-/m0/s1. The first kappa shape index (κ1) is 17.6. The smallest absolute Gasteiger partial charge is 0.393 e. The molecule has 0 unspecified atom stereocenters. The number of carbonyl (C=O) groups is 1. The van der Waals surface area contributed by atoms with Crippen molar-refractivity contribution < 1.29 is 22.7 Å². The van der Waals surface area contributed by atoms with Crippen molar-refractivity contribution in [2.45, 2.75) is 25.9 Å². The number of amides is 1. The van der Waals surface area contributed by atoms with Gasteiger partial charge in [0.2, 0.25) is 5.91 Å². The quantitative estimate of drug-likeness (QED) is 0.922. The second-order valence-corrected chi connectivity index (χ2v) is 5.87. The molecular formula is C16H21F3N2O2. The minimum absolute atomic E-state index is 0.0519. The number of hydrogen-bond acceptors (Lipinski definition) is 3. The Labute approximate surface area is 133 Å². The topological polar surface area (TPSA) is 41.6 Å². The fourth-order valence-corrected chi connectivity index (χ4v) is 2.78. The Bertz CT molecular complexity index is 561. The number of alkyl halides is 3. The highest BCUT2D eigenvalue weighted by Crippen LogP contribution is 2.33. The summed E-state index contributed by atoms with van der Waals surface area (Å²) in [4.78, 5) is 13.7. The number of nitrogens with one attached hydrogen (secondary N) is 1. The second kappa shape index (κ2) is 7.21. The summed E-state index contributed by atoms with van der Waals surface area (Å²) >= 11 is 0. The number of methoxy groups -OCH3 is 1. The number of nitrogens with zero attached hydrogens (tertiary/aromatic N) is 1. The van der Waals surface area contributed by atoms with Crippen LogP contribution in [0.25, 0.3) is 0 Å². The largest absolute Gasteiger partial charge is 0.495 e. The Kier molecular flexibility index (Phi) is 5.51. The van der Waals surface area contributed by atoms with Crippen LogP contribution < -0.4 is 10.1 Å². The molecule has 1 amide bonds. The Morgan fingerprint density at radius 1 is 1.43 bits per heavy atom. The van der Waals surface area contributed by atoms with E-state index < -0.39 is 12.1 Å².